The third kappa shape index (κ3) is 6.49. The van der Waals surface area contributed by atoms with Gasteiger partial charge in [0.25, 0.3) is 6.43 Å². The third-order valence-corrected chi connectivity index (χ3v) is 1.39. The number of hydrogen-bond donors (Lipinski definition) is 1. The van der Waals surface area contributed by atoms with Crippen LogP contribution in [-0.4, -0.2) is 33.2 Å². The smallest absolute Gasteiger partial charge is 0.261 e. The summed E-state index contributed by atoms with van der Waals surface area (Å²) < 4.78 is 28.1. The Labute approximate surface area is 72.3 Å². The van der Waals surface area contributed by atoms with Crippen molar-refractivity contribution in [3.8, 4) is 0 Å². The van der Waals surface area contributed by atoms with Gasteiger partial charge in [-0.25, -0.2) is 8.78 Å². The standard InChI is InChI=1S/C8H17F2NO/c1-8(2,5-11-3)6-12-4-7(9)10/h7,11H,4-6H2,1-3H3. The molecule has 12 heavy (non-hydrogen) atoms. The lowest BCUT2D eigenvalue weighted by Crippen LogP contribution is -2.31. The van der Waals surface area contributed by atoms with Crippen molar-refractivity contribution < 1.29 is 13.5 Å². The van der Waals surface area contributed by atoms with E-state index >= 15 is 0 Å². The van der Waals surface area contributed by atoms with Crippen LogP contribution in [0.25, 0.3) is 0 Å². The molecule has 0 bridgehead atoms. The first kappa shape index (κ1) is 11.8. The Balaban J connectivity index is 3.46. The van der Waals surface area contributed by atoms with Gasteiger partial charge in [-0.05, 0) is 7.05 Å². The second-order valence-electron chi connectivity index (χ2n) is 3.60. The highest BCUT2D eigenvalue weighted by molar-refractivity contribution is 4.69. The van der Waals surface area contributed by atoms with Crippen LogP contribution in [0.5, 0.6) is 0 Å². The molecule has 0 spiro atoms. The van der Waals surface area contributed by atoms with E-state index in [0.717, 1.165) is 6.54 Å². The van der Waals surface area contributed by atoms with Crippen LogP contribution in [0.2, 0.25) is 0 Å². The maximum absolute atomic E-state index is 11.7. The van der Waals surface area contributed by atoms with Crippen LogP contribution in [0.3, 0.4) is 0 Å². The molecule has 74 valence electrons. The molecule has 0 unspecified atom stereocenters. The van der Waals surface area contributed by atoms with Crippen molar-refractivity contribution in [3.63, 3.8) is 0 Å². The van der Waals surface area contributed by atoms with E-state index in [0.29, 0.717) is 6.61 Å². The van der Waals surface area contributed by atoms with Gasteiger partial charge in [-0.2, -0.15) is 0 Å². The molecule has 0 atom stereocenters. The van der Waals surface area contributed by atoms with Gasteiger partial charge in [-0.1, -0.05) is 13.8 Å². The summed E-state index contributed by atoms with van der Waals surface area (Å²) in [4.78, 5) is 0. The van der Waals surface area contributed by atoms with Gasteiger partial charge in [-0.15, -0.1) is 0 Å². The van der Waals surface area contributed by atoms with E-state index in [1.807, 2.05) is 20.9 Å². The number of nitrogens with one attached hydrogen (secondary N) is 1. The second kappa shape index (κ2) is 5.43. The van der Waals surface area contributed by atoms with Crippen molar-refractivity contribution in [3.05, 3.63) is 0 Å². The topological polar surface area (TPSA) is 21.3 Å². The average Bonchev–Trinajstić information content (AvgIpc) is 1.85. The summed E-state index contributed by atoms with van der Waals surface area (Å²) in [5.74, 6) is 0. The van der Waals surface area contributed by atoms with Crippen LogP contribution in [0.1, 0.15) is 13.8 Å². The maximum Gasteiger partial charge on any atom is 0.261 e. The van der Waals surface area contributed by atoms with Gasteiger partial charge in [0.05, 0.1) is 6.61 Å². The molecule has 0 aromatic rings. The first-order valence-corrected chi connectivity index (χ1v) is 3.98. The summed E-state index contributed by atoms with van der Waals surface area (Å²) in [5.41, 5.74) is -0.0797. The fourth-order valence-electron chi connectivity index (χ4n) is 0.954. The van der Waals surface area contributed by atoms with Gasteiger partial charge >= 0.3 is 0 Å². The van der Waals surface area contributed by atoms with E-state index in [-0.39, 0.29) is 5.41 Å². The van der Waals surface area contributed by atoms with Crippen molar-refractivity contribution in [1.82, 2.24) is 5.32 Å². The van der Waals surface area contributed by atoms with Crippen molar-refractivity contribution in [1.29, 1.82) is 0 Å². The summed E-state index contributed by atoms with van der Waals surface area (Å²) in [6.45, 7) is 4.59. The Morgan fingerprint density at radius 2 is 2.00 bits per heavy atom. The maximum atomic E-state index is 11.7. The minimum atomic E-state index is -2.37. The zero-order valence-electron chi connectivity index (χ0n) is 7.86. The SMILES string of the molecule is CNCC(C)(C)COCC(F)F. The summed E-state index contributed by atoms with van der Waals surface area (Å²) in [6.07, 6.45) is -2.37. The number of halogens is 2. The molecular weight excluding hydrogens is 164 g/mol. The number of alkyl halides is 2. The molecule has 2 nitrogen and oxygen atoms in total. The molecule has 0 aliphatic heterocycles. The number of rotatable bonds is 6. The summed E-state index contributed by atoms with van der Waals surface area (Å²) in [7, 11) is 1.83. The van der Waals surface area contributed by atoms with Crippen LogP contribution < -0.4 is 5.32 Å². The zero-order valence-corrected chi connectivity index (χ0v) is 7.86. The van der Waals surface area contributed by atoms with Gasteiger partial charge in [0.15, 0.2) is 0 Å². The van der Waals surface area contributed by atoms with Crippen LogP contribution in [0.15, 0.2) is 0 Å². The lowest BCUT2D eigenvalue weighted by Gasteiger charge is -2.23. The molecule has 0 radical (unpaired) electrons. The molecule has 0 amide bonds. The molecule has 0 aliphatic carbocycles. The van der Waals surface area contributed by atoms with E-state index in [1.54, 1.807) is 0 Å². The summed E-state index contributed by atoms with van der Waals surface area (Å²) in [6, 6.07) is 0. The van der Waals surface area contributed by atoms with Crippen LogP contribution in [-0.2, 0) is 4.74 Å². The summed E-state index contributed by atoms with van der Waals surface area (Å²) in [5, 5.41) is 2.98. The zero-order chi connectivity index (χ0) is 9.61. The molecule has 0 heterocycles. The van der Waals surface area contributed by atoms with Crippen molar-refractivity contribution in [2.45, 2.75) is 20.3 Å². The van der Waals surface area contributed by atoms with E-state index in [9.17, 15) is 8.78 Å². The van der Waals surface area contributed by atoms with Gasteiger partial charge < -0.3 is 10.1 Å². The van der Waals surface area contributed by atoms with Crippen molar-refractivity contribution in [2.75, 3.05) is 26.8 Å². The Morgan fingerprint density at radius 1 is 1.42 bits per heavy atom. The second-order valence-corrected chi connectivity index (χ2v) is 3.60. The van der Waals surface area contributed by atoms with Crippen molar-refractivity contribution >= 4 is 0 Å². The molecule has 0 aromatic heterocycles. The molecule has 0 aliphatic rings. The van der Waals surface area contributed by atoms with Crippen LogP contribution in [0, 0.1) is 5.41 Å². The average molecular weight is 181 g/mol. The van der Waals surface area contributed by atoms with E-state index in [1.165, 1.54) is 0 Å². The minimum absolute atomic E-state index is 0.0797. The lowest BCUT2D eigenvalue weighted by atomic mass is 9.95. The van der Waals surface area contributed by atoms with Gasteiger partial charge in [-0.3, -0.25) is 0 Å². The highest BCUT2D eigenvalue weighted by atomic mass is 19.3. The first-order chi connectivity index (χ1) is 5.48. The molecule has 4 heteroatoms. The van der Waals surface area contributed by atoms with E-state index in [2.05, 4.69) is 5.32 Å². The molecular formula is C8H17F2NO. The van der Waals surface area contributed by atoms with Crippen LogP contribution in [0.4, 0.5) is 8.78 Å². The molecule has 1 N–H and O–H groups in total. The van der Waals surface area contributed by atoms with E-state index in [4.69, 9.17) is 4.74 Å². The van der Waals surface area contributed by atoms with E-state index < -0.39 is 13.0 Å². The Kier molecular flexibility index (Phi) is 5.33. The Hall–Kier alpha value is -0.220. The lowest BCUT2D eigenvalue weighted by molar-refractivity contribution is -0.0118. The fourth-order valence-corrected chi connectivity index (χ4v) is 0.954. The fraction of sp³-hybridized carbons (Fsp3) is 1.00. The number of hydrogen-bond acceptors (Lipinski definition) is 2. The predicted octanol–water partition coefficient (Wildman–Crippen LogP) is 1.51. The highest BCUT2D eigenvalue weighted by Crippen LogP contribution is 2.13. The van der Waals surface area contributed by atoms with Crippen LogP contribution >= 0.6 is 0 Å². The quantitative estimate of drug-likeness (QED) is 0.670. The van der Waals surface area contributed by atoms with Gasteiger partial charge in [0.2, 0.25) is 0 Å². The largest absolute Gasteiger partial charge is 0.375 e. The normalized spacial score (nSPS) is 12.5. The third-order valence-electron chi connectivity index (χ3n) is 1.39. The number of ether oxygens (including phenoxy) is 1. The Morgan fingerprint density at radius 3 is 2.42 bits per heavy atom. The van der Waals surface area contributed by atoms with Gasteiger partial charge in [0, 0.05) is 12.0 Å². The molecule has 0 saturated heterocycles. The molecule has 0 saturated carbocycles. The molecule has 0 rings (SSSR count). The monoisotopic (exact) mass is 181 g/mol. The van der Waals surface area contributed by atoms with Crippen molar-refractivity contribution in [2.24, 2.45) is 5.41 Å². The highest BCUT2D eigenvalue weighted by Gasteiger charge is 2.17. The first-order valence-electron chi connectivity index (χ1n) is 3.98. The Bertz CT molecular complexity index is 118. The minimum Gasteiger partial charge on any atom is -0.375 e. The van der Waals surface area contributed by atoms with Gasteiger partial charge in [0.1, 0.15) is 6.61 Å². The molecule has 0 aromatic carbocycles. The summed E-state index contributed by atoms with van der Waals surface area (Å²) >= 11 is 0. The molecule has 0 fully saturated rings. The predicted molar refractivity (Wildman–Crippen MR) is 44.5 cm³/mol.